The Morgan fingerprint density at radius 1 is 1.41 bits per heavy atom. The highest BCUT2D eigenvalue weighted by molar-refractivity contribution is 5.80. The molecule has 2 heterocycles. The molecule has 2 aromatic rings. The predicted octanol–water partition coefficient (Wildman–Crippen LogP) is 2.60. The third-order valence-electron chi connectivity index (χ3n) is 5.13. The molecule has 1 aliphatic heterocycles. The molecule has 0 saturated carbocycles. The predicted molar refractivity (Wildman–Crippen MR) is 104 cm³/mol. The van der Waals surface area contributed by atoms with Crippen LogP contribution in [0.15, 0.2) is 48.0 Å². The largest absolute Gasteiger partial charge is 0.386 e. The molecular formula is C20H28FN5O. The van der Waals surface area contributed by atoms with Crippen molar-refractivity contribution >= 4 is 5.96 Å². The fourth-order valence-corrected chi connectivity index (χ4v) is 3.48. The van der Waals surface area contributed by atoms with Gasteiger partial charge < -0.3 is 19.9 Å². The number of aliphatic hydroxyl groups excluding tert-OH is 1. The van der Waals surface area contributed by atoms with Gasteiger partial charge >= 0.3 is 0 Å². The summed E-state index contributed by atoms with van der Waals surface area (Å²) in [5.41, 5.74) is 0.666. The van der Waals surface area contributed by atoms with Crippen molar-refractivity contribution in [2.75, 3.05) is 26.2 Å². The highest BCUT2D eigenvalue weighted by Gasteiger charge is 2.29. The van der Waals surface area contributed by atoms with Crippen molar-refractivity contribution in [3.63, 3.8) is 0 Å². The summed E-state index contributed by atoms with van der Waals surface area (Å²) < 4.78 is 15.2. The van der Waals surface area contributed by atoms with Gasteiger partial charge in [-0.15, -0.1) is 0 Å². The van der Waals surface area contributed by atoms with Crippen LogP contribution in [0.3, 0.4) is 0 Å². The van der Waals surface area contributed by atoms with Gasteiger partial charge in [-0.25, -0.2) is 9.37 Å². The molecule has 146 valence electrons. The molecule has 2 N–H and O–H groups in total. The van der Waals surface area contributed by atoms with Gasteiger partial charge in [0.2, 0.25) is 0 Å². The summed E-state index contributed by atoms with van der Waals surface area (Å²) in [6, 6.07) is 6.25. The second-order valence-electron chi connectivity index (χ2n) is 7.05. The molecule has 0 radical (unpaired) electrons. The van der Waals surface area contributed by atoms with E-state index in [9.17, 15) is 9.50 Å². The molecule has 1 saturated heterocycles. The van der Waals surface area contributed by atoms with Gasteiger partial charge in [0.05, 0.1) is 25.0 Å². The third kappa shape index (κ3) is 4.86. The number of hydrogen-bond donors (Lipinski definition) is 2. The lowest BCUT2D eigenvalue weighted by Gasteiger charge is -2.39. The smallest absolute Gasteiger partial charge is 0.194 e. The summed E-state index contributed by atoms with van der Waals surface area (Å²) in [5.74, 6) is 1.05. The fourth-order valence-electron chi connectivity index (χ4n) is 3.48. The van der Waals surface area contributed by atoms with Gasteiger partial charge in [-0.05, 0) is 37.0 Å². The van der Waals surface area contributed by atoms with Crippen molar-refractivity contribution in [2.24, 2.45) is 10.9 Å². The zero-order valence-electron chi connectivity index (χ0n) is 15.9. The highest BCUT2D eigenvalue weighted by atomic mass is 19.1. The average molecular weight is 373 g/mol. The molecule has 7 heteroatoms. The van der Waals surface area contributed by atoms with E-state index in [0.717, 1.165) is 32.0 Å². The molecule has 0 aliphatic carbocycles. The van der Waals surface area contributed by atoms with Crippen molar-refractivity contribution in [3.05, 3.63) is 54.4 Å². The summed E-state index contributed by atoms with van der Waals surface area (Å²) in [4.78, 5) is 11.1. The van der Waals surface area contributed by atoms with E-state index >= 15 is 0 Å². The van der Waals surface area contributed by atoms with Gasteiger partial charge in [-0.2, -0.15) is 0 Å². The Labute approximate surface area is 159 Å². The van der Waals surface area contributed by atoms with E-state index in [4.69, 9.17) is 0 Å². The van der Waals surface area contributed by atoms with E-state index in [2.05, 4.69) is 31.7 Å². The fraction of sp³-hybridized carbons (Fsp3) is 0.500. The minimum Gasteiger partial charge on any atom is -0.386 e. The van der Waals surface area contributed by atoms with Crippen molar-refractivity contribution in [2.45, 2.75) is 32.4 Å². The van der Waals surface area contributed by atoms with Gasteiger partial charge in [0.15, 0.2) is 5.96 Å². The first-order valence-electron chi connectivity index (χ1n) is 9.52. The van der Waals surface area contributed by atoms with Crippen LogP contribution in [-0.4, -0.2) is 51.7 Å². The maximum atomic E-state index is 13.1. The summed E-state index contributed by atoms with van der Waals surface area (Å²) in [6.07, 6.45) is 5.99. The number of rotatable bonds is 5. The lowest BCUT2D eigenvalue weighted by molar-refractivity contribution is 0.179. The average Bonchev–Trinajstić information content (AvgIpc) is 3.20. The zero-order valence-corrected chi connectivity index (χ0v) is 15.9. The van der Waals surface area contributed by atoms with Crippen molar-refractivity contribution in [3.8, 4) is 0 Å². The molecule has 27 heavy (non-hydrogen) atoms. The standard InChI is InChI=1S/C20H28FN5O/c1-3-23-20(24-12-19(27)16-4-6-17(21)7-5-16)25-10-8-15(2)18(13-25)26-11-9-22-14-26/h4-7,9,11,14-15,18-19,27H,3,8,10,12-13H2,1-2H3,(H,23,24). The number of aliphatic hydroxyl groups is 1. The molecule has 1 fully saturated rings. The maximum Gasteiger partial charge on any atom is 0.194 e. The zero-order chi connectivity index (χ0) is 19.2. The highest BCUT2D eigenvalue weighted by Crippen LogP contribution is 2.27. The third-order valence-corrected chi connectivity index (χ3v) is 5.13. The Morgan fingerprint density at radius 2 is 2.19 bits per heavy atom. The Bertz CT molecular complexity index is 731. The van der Waals surface area contributed by atoms with Gasteiger partial charge in [0.1, 0.15) is 5.82 Å². The molecule has 6 nitrogen and oxygen atoms in total. The summed E-state index contributed by atoms with van der Waals surface area (Å²) >= 11 is 0. The molecule has 0 spiro atoms. The number of piperidine rings is 1. The van der Waals surface area contributed by atoms with Crippen LogP contribution in [0.4, 0.5) is 4.39 Å². The molecule has 0 bridgehead atoms. The minimum absolute atomic E-state index is 0.232. The molecule has 3 atom stereocenters. The van der Waals surface area contributed by atoms with Crippen LogP contribution >= 0.6 is 0 Å². The van der Waals surface area contributed by atoms with Gasteiger partial charge in [-0.3, -0.25) is 4.99 Å². The molecular weight excluding hydrogens is 345 g/mol. The number of nitrogens with zero attached hydrogens (tertiary/aromatic N) is 4. The lowest BCUT2D eigenvalue weighted by atomic mass is 9.93. The van der Waals surface area contributed by atoms with Crippen LogP contribution < -0.4 is 5.32 Å². The van der Waals surface area contributed by atoms with Crippen molar-refractivity contribution in [1.82, 2.24) is 19.8 Å². The van der Waals surface area contributed by atoms with Crippen LogP contribution in [0.2, 0.25) is 0 Å². The van der Waals surface area contributed by atoms with E-state index in [0.29, 0.717) is 17.5 Å². The van der Waals surface area contributed by atoms with Crippen LogP contribution in [0.1, 0.15) is 38.0 Å². The quantitative estimate of drug-likeness (QED) is 0.625. The summed E-state index contributed by atoms with van der Waals surface area (Å²) in [5, 5.41) is 13.7. The van der Waals surface area contributed by atoms with Gasteiger partial charge in [0, 0.05) is 32.0 Å². The summed E-state index contributed by atoms with van der Waals surface area (Å²) in [6.45, 7) is 7.06. The minimum atomic E-state index is -0.757. The normalized spacial score (nSPS) is 21.9. The number of imidazole rings is 1. The van der Waals surface area contributed by atoms with Crippen molar-refractivity contribution < 1.29 is 9.50 Å². The number of guanidine groups is 1. The van der Waals surface area contributed by atoms with E-state index in [1.807, 2.05) is 25.6 Å². The monoisotopic (exact) mass is 373 g/mol. The van der Waals surface area contributed by atoms with Crippen LogP contribution in [0, 0.1) is 11.7 Å². The number of aromatic nitrogens is 2. The van der Waals surface area contributed by atoms with Crippen LogP contribution in [0.5, 0.6) is 0 Å². The topological polar surface area (TPSA) is 65.7 Å². The number of hydrogen-bond acceptors (Lipinski definition) is 3. The second kappa shape index (κ2) is 8.99. The number of likely N-dealkylation sites (tertiary alicyclic amines) is 1. The molecule has 0 amide bonds. The molecule has 1 aromatic heterocycles. The number of aliphatic imine (C=N–C) groups is 1. The van der Waals surface area contributed by atoms with Crippen LogP contribution in [-0.2, 0) is 0 Å². The number of benzene rings is 1. The van der Waals surface area contributed by atoms with Gasteiger partial charge in [-0.1, -0.05) is 19.1 Å². The number of nitrogens with one attached hydrogen (secondary N) is 1. The van der Waals surface area contributed by atoms with E-state index in [1.54, 1.807) is 12.1 Å². The molecule has 1 aliphatic rings. The molecule has 3 unspecified atom stereocenters. The SMILES string of the molecule is CCNC(=NCC(O)c1ccc(F)cc1)N1CCC(C)C(n2ccnc2)C1. The van der Waals surface area contributed by atoms with E-state index in [-0.39, 0.29) is 12.4 Å². The lowest BCUT2D eigenvalue weighted by Crippen LogP contribution is -2.49. The Kier molecular flexibility index (Phi) is 6.45. The van der Waals surface area contributed by atoms with E-state index in [1.165, 1.54) is 12.1 Å². The first-order chi connectivity index (χ1) is 13.1. The van der Waals surface area contributed by atoms with Gasteiger partial charge in [0.25, 0.3) is 0 Å². The summed E-state index contributed by atoms with van der Waals surface area (Å²) in [7, 11) is 0. The first kappa shape index (κ1) is 19.4. The second-order valence-corrected chi connectivity index (χ2v) is 7.05. The Balaban J connectivity index is 1.70. The Morgan fingerprint density at radius 3 is 2.85 bits per heavy atom. The van der Waals surface area contributed by atoms with E-state index < -0.39 is 6.10 Å². The maximum absolute atomic E-state index is 13.1. The molecule has 3 rings (SSSR count). The molecule has 1 aromatic carbocycles. The Hall–Kier alpha value is -2.41. The number of halogens is 1. The van der Waals surface area contributed by atoms with Crippen LogP contribution in [0.25, 0.3) is 0 Å². The van der Waals surface area contributed by atoms with Crippen molar-refractivity contribution in [1.29, 1.82) is 0 Å². The first-order valence-corrected chi connectivity index (χ1v) is 9.52.